The lowest BCUT2D eigenvalue weighted by molar-refractivity contribution is -0.134. The van der Waals surface area contributed by atoms with E-state index in [0.717, 1.165) is 15.5 Å². The average Bonchev–Trinajstić information content (AvgIpc) is 3.61. The molecule has 0 bridgehead atoms. The van der Waals surface area contributed by atoms with Crippen molar-refractivity contribution in [2.75, 3.05) is 13.6 Å². The number of allylic oxidation sites excluding steroid dienone is 1. The van der Waals surface area contributed by atoms with E-state index in [1.165, 1.54) is 37.5 Å². The third-order valence-electron chi connectivity index (χ3n) is 7.71. The number of Topliss-reactive ketones (excluding diaryl/α,β-unsaturated/α-hetero) is 1. The first kappa shape index (κ1) is 32.8. The van der Waals surface area contributed by atoms with E-state index < -0.39 is 57.6 Å². The highest BCUT2D eigenvalue weighted by atomic mass is 32.2. The molecule has 9 nitrogen and oxygen atoms in total. The van der Waals surface area contributed by atoms with Crippen molar-refractivity contribution in [3.05, 3.63) is 80.4 Å². The summed E-state index contributed by atoms with van der Waals surface area (Å²) in [6.07, 6.45) is 0.350. The number of nitrogens with two attached hydrogens (primary N) is 2. The monoisotopic (exact) mass is 673 g/mol. The summed E-state index contributed by atoms with van der Waals surface area (Å²) in [4.78, 5) is 17.0. The van der Waals surface area contributed by atoms with Gasteiger partial charge in [0, 0.05) is 26.2 Å². The minimum atomic E-state index is -4.72. The second-order valence-corrected chi connectivity index (χ2v) is 13.7. The number of alkyl halides is 5. The van der Waals surface area contributed by atoms with Gasteiger partial charge in [0.25, 0.3) is 5.92 Å². The number of fused-ring (bicyclic) bond motifs is 2. The van der Waals surface area contributed by atoms with Crippen LogP contribution in [-0.2, 0) is 23.6 Å². The number of carbonyl (C=O) groups is 1. The molecule has 2 aromatic heterocycles. The fourth-order valence-corrected chi connectivity index (χ4v) is 7.96. The van der Waals surface area contributed by atoms with E-state index in [9.17, 15) is 35.3 Å². The molecule has 1 saturated carbocycles. The zero-order valence-electron chi connectivity index (χ0n) is 24.0. The number of nitrogens with zero attached hydrogens (tertiary/aromatic N) is 5. The number of hydrogen-bond acceptors (Lipinski definition) is 8. The fraction of sp³-hybridized carbons (Fsp3) is 0.393. The SMILES string of the molecule is CN(N)/C=C(\N)S(=O)N(CC(C)(F)F)[C@H]1CCC2=Cc3c(cnn3-c3ccc(F)cc3)C[C@]2(C(=O)c2ncc(C(F)(F)F)s2)C1. The number of hydrazine groups is 1. The van der Waals surface area contributed by atoms with Crippen molar-refractivity contribution in [2.24, 2.45) is 17.0 Å². The van der Waals surface area contributed by atoms with E-state index in [0.29, 0.717) is 35.6 Å². The van der Waals surface area contributed by atoms with Crippen LogP contribution < -0.4 is 11.6 Å². The van der Waals surface area contributed by atoms with E-state index in [2.05, 4.69) is 10.1 Å². The van der Waals surface area contributed by atoms with Gasteiger partial charge in [-0.3, -0.25) is 4.79 Å². The predicted octanol–water partition coefficient (Wildman–Crippen LogP) is 5.03. The van der Waals surface area contributed by atoms with E-state index in [1.54, 1.807) is 10.8 Å². The van der Waals surface area contributed by atoms with Gasteiger partial charge in [0.2, 0.25) is 5.78 Å². The Bertz CT molecular complexity index is 1680. The van der Waals surface area contributed by atoms with Crippen LogP contribution in [0, 0.1) is 11.2 Å². The lowest BCUT2D eigenvalue weighted by Gasteiger charge is -2.46. The first-order valence-electron chi connectivity index (χ1n) is 13.6. The number of ketones is 1. The molecule has 0 aliphatic heterocycles. The number of halogens is 6. The predicted molar refractivity (Wildman–Crippen MR) is 156 cm³/mol. The molecule has 1 fully saturated rings. The van der Waals surface area contributed by atoms with Gasteiger partial charge >= 0.3 is 6.18 Å². The maximum Gasteiger partial charge on any atom is 0.427 e. The second-order valence-electron chi connectivity index (χ2n) is 11.2. The Hall–Kier alpha value is -3.54. The number of hydrogen-bond donors (Lipinski definition) is 2. The highest BCUT2D eigenvalue weighted by Crippen LogP contribution is 2.52. The van der Waals surface area contributed by atoms with Crippen LogP contribution in [0.25, 0.3) is 11.8 Å². The van der Waals surface area contributed by atoms with Crippen molar-refractivity contribution in [2.45, 2.75) is 50.7 Å². The van der Waals surface area contributed by atoms with E-state index in [-0.39, 0.29) is 47.1 Å². The number of carbonyl (C=O) groups excluding carboxylic acids is 1. The molecule has 2 heterocycles. The summed E-state index contributed by atoms with van der Waals surface area (Å²) in [5.74, 6) is 1.12. The molecule has 3 atom stereocenters. The lowest BCUT2D eigenvalue weighted by atomic mass is 9.61. The van der Waals surface area contributed by atoms with Crippen molar-refractivity contribution in [3.63, 3.8) is 0 Å². The number of benzene rings is 1. The van der Waals surface area contributed by atoms with Crippen LogP contribution in [-0.4, -0.2) is 59.6 Å². The van der Waals surface area contributed by atoms with Crippen LogP contribution in [0.5, 0.6) is 0 Å². The van der Waals surface area contributed by atoms with Gasteiger partial charge in [-0.15, -0.1) is 11.3 Å². The number of aromatic nitrogens is 3. The Morgan fingerprint density at radius 2 is 1.91 bits per heavy atom. The second kappa shape index (κ2) is 12.0. The largest absolute Gasteiger partial charge is 0.427 e. The summed E-state index contributed by atoms with van der Waals surface area (Å²) in [6.45, 7) is -0.314. The minimum Gasteiger partial charge on any atom is -0.389 e. The first-order valence-corrected chi connectivity index (χ1v) is 15.5. The van der Waals surface area contributed by atoms with Crippen LogP contribution in [0.2, 0.25) is 0 Å². The molecule has 3 aromatic rings. The summed E-state index contributed by atoms with van der Waals surface area (Å²) in [6, 6.07) is 4.67. The van der Waals surface area contributed by atoms with Crippen LogP contribution >= 0.6 is 11.3 Å². The molecule has 242 valence electrons. The van der Waals surface area contributed by atoms with Gasteiger partial charge in [-0.05, 0) is 61.6 Å². The quantitative estimate of drug-likeness (QED) is 0.141. The molecule has 0 amide bonds. The molecule has 0 spiro atoms. The normalized spacial score (nSPS) is 21.2. The van der Waals surface area contributed by atoms with Crippen molar-refractivity contribution >= 4 is 34.2 Å². The smallest absolute Gasteiger partial charge is 0.389 e. The highest BCUT2D eigenvalue weighted by Gasteiger charge is 2.52. The third-order valence-corrected chi connectivity index (χ3v) is 10.1. The maximum absolute atomic E-state index is 14.5. The van der Waals surface area contributed by atoms with Crippen LogP contribution in [0.1, 0.15) is 52.1 Å². The van der Waals surface area contributed by atoms with E-state index in [4.69, 9.17) is 11.6 Å². The Morgan fingerprint density at radius 1 is 1.22 bits per heavy atom. The standard InChI is InChI=1S/C28H29F6N7O2S2/c1-26(30,31)15-40(45(43)23(35)14-39(2)36)20-6-3-17-9-21-16(12-38-41(21)19-7-4-18(29)5-8-19)10-27(17,11-20)24(42)25-37-13-22(44-25)28(32,33)34/h4-5,7-9,12-14,20H,3,6,10-11,15,35-36H2,1-2H3/b23-14+/t20-,27-,45?/m0/s1. The molecule has 1 unspecified atom stereocenters. The molecule has 0 radical (unpaired) electrons. The highest BCUT2D eigenvalue weighted by molar-refractivity contribution is 7.86. The zero-order chi connectivity index (χ0) is 32.9. The van der Waals surface area contributed by atoms with Crippen molar-refractivity contribution in [3.8, 4) is 5.69 Å². The molecule has 5 rings (SSSR count). The van der Waals surface area contributed by atoms with Gasteiger partial charge in [0.1, 0.15) is 26.7 Å². The summed E-state index contributed by atoms with van der Waals surface area (Å²) >= 11 is 0.203. The maximum atomic E-state index is 14.5. The van der Waals surface area contributed by atoms with Gasteiger partial charge in [0.05, 0.1) is 35.7 Å². The zero-order valence-corrected chi connectivity index (χ0v) is 25.7. The van der Waals surface area contributed by atoms with E-state index >= 15 is 0 Å². The van der Waals surface area contributed by atoms with Crippen LogP contribution in [0.4, 0.5) is 26.3 Å². The molecule has 17 heteroatoms. The van der Waals surface area contributed by atoms with Crippen molar-refractivity contribution in [1.82, 2.24) is 24.1 Å². The van der Waals surface area contributed by atoms with Gasteiger partial charge in [-0.2, -0.15) is 18.3 Å². The summed E-state index contributed by atoms with van der Waals surface area (Å²) in [5.41, 5.74) is 6.68. The molecule has 0 saturated heterocycles. The van der Waals surface area contributed by atoms with Crippen molar-refractivity contribution in [1.29, 1.82) is 0 Å². The van der Waals surface area contributed by atoms with Crippen LogP contribution in [0.3, 0.4) is 0 Å². The van der Waals surface area contributed by atoms with Crippen molar-refractivity contribution < 1.29 is 35.3 Å². The Labute approximate surface area is 260 Å². The number of thiazole rings is 1. The van der Waals surface area contributed by atoms with Gasteiger partial charge in [-0.25, -0.2) is 37.2 Å². The molecule has 1 aromatic carbocycles. The lowest BCUT2D eigenvalue weighted by Crippen LogP contribution is -2.52. The Kier molecular flexibility index (Phi) is 8.76. The summed E-state index contributed by atoms with van der Waals surface area (Å²) in [5, 5.41) is 4.75. The molecular weight excluding hydrogens is 644 g/mol. The summed E-state index contributed by atoms with van der Waals surface area (Å²) < 4.78 is 99.0. The topological polar surface area (TPSA) is 123 Å². The minimum absolute atomic E-state index is 0.0362. The molecule has 45 heavy (non-hydrogen) atoms. The van der Waals surface area contributed by atoms with Crippen LogP contribution in [0.15, 0.2) is 53.5 Å². The first-order chi connectivity index (χ1) is 21.0. The Balaban J connectivity index is 1.60. The van der Waals surface area contributed by atoms with Gasteiger partial charge in [0.15, 0.2) is 5.01 Å². The third kappa shape index (κ3) is 6.71. The van der Waals surface area contributed by atoms with E-state index in [1.807, 2.05) is 0 Å². The fourth-order valence-electron chi connectivity index (χ4n) is 5.81. The van der Waals surface area contributed by atoms with Gasteiger partial charge in [-0.1, -0.05) is 5.57 Å². The van der Waals surface area contributed by atoms with Gasteiger partial charge < -0.3 is 10.7 Å². The average molecular weight is 674 g/mol. The molecule has 2 aliphatic rings. The Morgan fingerprint density at radius 3 is 2.51 bits per heavy atom. The molecular formula is C28H29F6N7O2S2. The summed E-state index contributed by atoms with van der Waals surface area (Å²) in [7, 11) is -0.894. The molecule has 4 N–H and O–H groups in total. The molecule has 2 aliphatic carbocycles. The number of rotatable bonds is 9.